The number of Topliss-reactive ketones (excluding diaryl/α,β-unsaturated/α-hetero) is 1. The zero-order chi connectivity index (χ0) is 12.5. The third-order valence-electron chi connectivity index (χ3n) is 3.55. The maximum atomic E-state index is 11.4. The number of nitrogens with zero attached hydrogens (tertiary/aromatic N) is 4. The van der Waals surface area contributed by atoms with Gasteiger partial charge in [-0.25, -0.2) is 4.98 Å². The topological polar surface area (TPSA) is 59.0 Å². The molecular formula is C12H14N4OS. The van der Waals surface area contributed by atoms with Gasteiger partial charge in [0.1, 0.15) is 11.3 Å². The maximum absolute atomic E-state index is 11.4. The Balaban J connectivity index is 1.84. The monoisotopic (exact) mass is 262 g/mol. The van der Waals surface area contributed by atoms with Gasteiger partial charge in [0.15, 0.2) is 5.65 Å². The van der Waals surface area contributed by atoms with Crippen molar-refractivity contribution in [3.63, 3.8) is 0 Å². The van der Waals surface area contributed by atoms with E-state index in [0.29, 0.717) is 11.4 Å². The number of hydrogen-bond acceptors (Lipinski definition) is 6. The van der Waals surface area contributed by atoms with Crippen LogP contribution < -0.4 is 4.90 Å². The molecule has 6 heteroatoms. The zero-order valence-electron chi connectivity index (χ0n) is 10.2. The fourth-order valence-electron chi connectivity index (χ4n) is 2.47. The highest BCUT2D eigenvalue weighted by molar-refractivity contribution is 7.00. The highest BCUT2D eigenvalue weighted by Gasteiger charge is 2.24. The molecule has 0 spiro atoms. The van der Waals surface area contributed by atoms with Crippen molar-refractivity contribution in [3.8, 4) is 0 Å². The van der Waals surface area contributed by atoms with E-state index in [2.05, 4.69) is 18.6 Å². The molecule has 0 saturated carbocycles. The Morgan fingerprint density at radius 2 is 2.17 bits per heavy atom. The predicted octanol–water partition coefficient (Wildman–Crippen LogP) is 1.89. The van der Waals surface area contributed by atoms with Crippen molar-refractivity contribution in [1.82, 2.24) is 13.7 Å². The Hall–Kier alpha value is -1.56. The Labute approximate surface area is 109 Å². The van der Waals surface area contributed by atoms with Crippen LogP contribution in [0.3, 0.4) is 0 Å². The van der Waals surface area contributed by atoms with Gasteiger partial charge in [-0.05, 0) is 25.8 Å². The van der Waals surface area contributed by atoms with E-state index >= 15 is 0 Å². The van der Waals surface area contributed by atoms with Crippen LogP contribution >= 0.6 is 11.7 Å². The number of pyridine rings is 1. The van der Waals surface area contributed by atoms with Crippen LogP contribution in [0.4, 0.5) is 5.69 Å². The SMILES string of the molecule is CC(=O)C1CCN(c2ccnc3nsnc23)CC1. The van der Waals surface area contributed by atoms with E-state index in [0.717, 1.165) is 37.1 Å². The standard InChI is InChI=1S/C12H14N4OS/c1-8(17)9-3-6-16(7-4-9)10-2-5-13-12-11(10)14-18-15-12/h2,5,9H,3-4,6-7H2,1H3. The predicted molar refractivity (Wildman–Crippen MR) is 70.8 cm³/mol. The number of fused-ring (bicyclic) bond motifs is 1. The van der Waals surface area contributed by atoms with E-state index in [4.69, 9.17) is 0 Å². The minimum Gasteiger partial charge on any atom is -0.370 e. The van der Waals surface area contributed by atoms with Crippen molar-refractivity contribution >= 4 is 34.4 Å². The molecular weight excluding hydrogens is 248 g/mol. The summed E-state index contributed by atoms with van der Waals surface area (Å²) in [4.78, 5) is 17.8. The van der Waals surface area contributed by atoms with Gasteiger partial charge in [-0.15, -0.1) is 0 Å². The van der Waals surface area contributed by atoms with E-state index in [1.54, 1.807) is 13.1 Å². The molecule has 94 valence electrons. The van der Waals surface area contributed by atoms with E-state index in [1.165, 1.54) is 11.7 Å². The number of ketones is 1. The van der Waals surface area contributed by atoms with Crippen LogP contribution in [0.15, 0.2) is 12.3 Å². The van der Waals surface area contributed by atoms with Gasteiger partial charge in [0, 0.05) is 25.2 Å². The molecule has 1 aliphatic rings. The molecule has 0 atom stereocenters. The van der Waals surface area contributed by atoms with Crippen molar-refractivity contribution < 1.29 is 4.79 Å². The summed E-state index contributed by atoms with van der Waals surface area (Å²) in [5, 5.41) is 0. The number of carbonyl (C=O) groups is 1. The van der Waals surface area contributed by atoms with Crippen LogP contribution in [0, 0.1) is 5.92 Å². The highest BCUT2D eigenvalue weighted by atomic mass is 32.1. The number of hydrogen-bond donors (Lipinski definition) is 0. The van der Waals surface area contributed by atoms with Gasteiger partial charge in [0.25, 0.3) is 0 Å². The van der Waals surface area contributed by atoms with Gasteiger partial charge in [0.05, 0.1) is 17.4 Å². The summed E-state index contributed by atoms with van der Waals surface area (Å²) in [5.41, 5.74) is 2.69. The Morgan fingerprint density at radius 1 is 1.39 bits per heavy atom. The lowest BCUT2D eigenvalue weighted by molar-refractivity contribution is -0.121. The van der Waals surface area contributed by atoms with Crippen LogP contribution in [0.5, 0.6) is 0 Å². The molecule has 3 rings (SSSR count). The summed E-state index contributed by atoms with van der Waals surface area (Å²) in [6.45, 7) is 3.50. The first kappa shape index (κ1) is 11.5. The van der Waals surface area contributed by atoms with E-state index < -0.39 is 0 Å². The van der Waals surface area contributed by atoms with E-state index in [1.807, 2.05) is 6.07 Å². The van der Waals surface area contributed by atoms with Gasteiger partial charge in [-0.1, -0.05) is 0 Å². The normalized spacial score (nSPS) is 17.3. The van der Waals surface area contributed by atoms with Crippen LogP contribution in [0.25, 0.3) is 11.2 Å². The molecule has 0 unspecified atom stereocenters. The first-order valence-electron chi connectivity index (χ1n) is 6.08. The Kier molecular flexibility index (Phi) is 2.95. The number of piperidine rings is 1. The Bertz CT molecular complexity index is 574. The minimum absolute atomic E-state index is 0.229. The molecule has 3 heterocycles. The van der Waals surface area contributed by atoms with Crippen molar-refractivity contribution in [2.24, 2.45) is 5.92 Å². The first-order valence-corrected chi connectivity index (χ1v) is 6.81. The highest BCUT2D eigenvalue weighted by Crippen LogP contribution is 2.28. The zero-order valence-corrected chi connectivity index (χ0v) is 11.0. The van der Waals surface area contributed by atoms with Crippen molar-refractivity contribution in [2.45, 2.75) is 19.8 Å². The summed E-state index contributed by atoms with van der Waals surface area (Å²) in [6, 6.07) is 1.98. The average Bonchev–Trinajstić information content (AvgIpc) is 2.87. The summed E-state index contributed by atoms with van der Waals surface area (Å²) in [7, 11) is 0. The molecule has 2 aromatic rings. The molecule has 0 bridgehead atoms. The first-order chi connectivity index (χ1) is 8.75. The molecule has 1 fully saturated rings. The van der Waals surface area contributed by atoms with Crippen LogP contribution in [0.1, 0.15) is 19.8 Å². The van der Waals surface area contributed by atoms with Crippen molar-refractivity contribution in [3.05, 3.63) is 12.3 Å². The second-order valence-electron chi connectivity index (χ2n) is 4.64. The van der Waals surface area contributed by atoms with Crippen LogP contribution in [0.2, 0.25) is 0 Å². The second-order valence-corrected chi connectivity index (χ2v) is 5.17. The summed E-state index contributed by atoms with van der Waals surface area (Å²) >= 11 is 1.19. The summed E-state index contributed by atoms with van der Waals surface area (Å²) in [6.07, 6.45) is 3.63. The molecule has 0 aliphatic carbocycles. The van der Waals surface area contributed by atoms with Crippen molar-refractivity contribution in [2.75, 3.05) is 18.0 Å². The number of carbonyl (C=O) groups excluding carboxylic acids is 1. The molecule has 0 N–H and O–H groups in total. The lowest BCUT2D eigenvalue weighted by Gasteiger charge is -2.32. The van der Waals surface area contributed by atoms with Crippen LogP contribution in [-0.2, 0) is 4.79 Å². The van der Waals surface area contributed by atoms with Gasteiger partial charge in [-0.3, -0.25) is 4.79 Å². The molecule has 5 nitrogen and oxygen atoms in total. The third-order valence-corrected chi connectivity index (χ3v) is 4.07. The van der Waals surface area contributed by atoms with Crippen molar-refractivity contribution in [1.29, 1.82) is 0 Å². The summed E-state index contributed by atoms with van der Waals surface area (Å²) < 4.78 is 8.46. The number of anilines is 1. The summed E-state index contributed by atoms with van der Waals surface area (Å²) in [5.74, 6) is 0.539. The van der Waals surface area contributed by atoms with Gasteiger partial charge >= 0.3 is 0 Å². The van der Waals surface area contributed by atoms with Gasteiger partial charge < -0.3 is 4.90 Å². The number of aromatic nitrogens is 3. The molecule has 1 aliphatic heterocycles. The quantitative estimate of drug-likeness (QED) is 0.827. The van der Waals surface area contributed by atoms with E-state index in [9.17, 15) is 4.79 Å². The van der Waals surface area contributed by atoms with E-state index in [-0.39, 0.29) is 5.92 Å². The number of rotatable bonds is 2. The molecule has 0 amide bonds. The van der Waals surface area contributed by atoms with Gasteiger partial charge in [-0.2, -0.15) is 8.75 Å². The maximum Gasteiger partial charge on any atom is 0.195 e. The minimum atomic E-state index is 0.229. The molecule has 18 heavy (non-hydrogen) atoms. The molecule has 0 radical (unpaired) electrons. The lowest BCUT2D eigenvalue weighted by Crippen LogP contribution is -2.35. The largest absolute Gasteiger partial charge is 0.370 e. The smallest absolute Gasteiger partial charge is 0.195 e. The lowest BCUT2D eigenvalue weighted by atomic mass is 9.93. The molecule has 2 aromatic heterocycles. The third kappa shape index (κ3) is 1.96. The Morgan fingerprint density at radius 3 is 2.89 bits per heavy atom. The van der Waals surface area contributed by atoms with Crippen LogP contribution in [-0.4, -0.2) is 32.6 Å². The fourth-order valence-corrected chi connectivity index (χ4v) is 2.98. The average molecular weight is 262 g/mol. The molecule has 0 aromatic carbocycles. The second kappa shape index (κ2) is 4.61. The fraction of sp³-hybridized carbons (Fsp3) is 0.500. The van der Waals surface area contributed by atoms with Gasteiger partial charge in [0.2, 0.25) is 0 Å². The molecule has 1 saturated heterocycles.